The van der Waals surface area contributed by atoms with Crippen molar-refractivity contribution in [3.05, 3.63) is 59.1 Å². The predicted molar refractivity (Wildman–Crippen MR) is 92.7 cm³/mol. The highest BCUT2D eigenvalue weighted by atomic mass is 35.5. The van der Waals surface area contributed by atoms with Gasteiger partial charge in [-0.25, -0.2) is 4.79 Å². The minimum atomic E-state index is -0.631. The van der Waals surface area contributed by atoms with E-state index >= 15 is 0 Å². The van der Waals surface area contributed by atoms with Crippen LogP contribution in [0.1, 0.15) is 5.56 Å². The fourth-order valence-corrected chi connectivity index (χ4v) is 2.11. The van der Waals surface area contributed by atoms with Crippen molar-refractivity contribution in [2.45, 2.75) is 6.54 Å². The topological polar surface area (TPSA) is 73.9 Å². The number of rotatable bonds is 8. The molecule has 0 aliphatic heterocycles. The number of hydrogen-bond acceptors (Lipinski definition) is 5. The van der Waals surface area contributed by atoms with Gasteiger partial charge in [-0.2, -0.15) is 0 Å². The molecule has 1 N–H and O–H groups in total. The summed E-state index contributed by atoms with van der Waals surface area (Å²) < 4.78 is 15.1. The average Bonchev–Trinajstić information content (AvgIpc) is 2.63. The summed E-state index contributed by atoms with van der Waals surface area (Å²) in [4.78, 5) is 23.3. The molecule has 0 atom stereocenters. The summed E-state index contributed by atoms with van der Waals surface area (Å²) in [7, 11) is 1.56. The Morgan fingerprint density at radius 2 is 1.76 bits per heavy atom. The molecule has 6 nitrogen and oxygen atoms in total. The molecule has 2 aromatic rings. The molecule has 0 fully saturated rings. The van der Waals surface area contributed by atoms with Crippen LogP contribution in [0, 0.1) is 0 Å². The van der Waals surface area contributed by atoms with Gasteiger partial charge in [0.05, 0.1) is 7.11 Å². The first-order chi connectivity index (χ1) is 12.1. The van der Waals surface area contributed by atoms with E-state index in [1.54, 1.807) is 49.6 Å². The molecule has 0 aliphatic carbocycles. The fourth-order valence-electron chi connectivity index (χ4n) is 1.90. The van der Waals surface area contributed by atoms with E-state index < -0.39 is 11.9 Å². The van der Waals surface area contributed by atoms with Crippen LogP contribution in [0.15, 0.2) is 48.5 Å². The second kappa shape index (κ2) is 9.54. The van der Waals surface area contributed by atoms with E-state index in [4.69, 9.17) is 25.8 Å². The first-order valence-corrected chi connectivity index (χ1v) is 7.88. The van der Waals surface area contributed by atoms with Crippen LogP contribution in [0.5, 0.6) is 11.5 Å². The summed E-state index contributed by atoms with van der Waals surface area (Å²) in [5.74, 6) is 0.154. The lowest BCUT2D eigenvalue weighted by molar-refractivity contribution is -0.150. The maximum absolute atomic E-state index is 11.7. The van der Waals surface area contributed by atoms with Crippen LogP contribution >= 0.6 is 11.6 Å². The molecular weight excluding hydrogens is 346 g/mol. The Hall–Kier alpha value is -2.73. The number of ether oxygens (including phenoxy) is 3. The molecule has 0 heterocycles. The van der Waals surface area contributed by atoms with E-state index in [1.807, 2.05) is 6.07 Å². The number of halogens is 1. The molecule has 1 amide bonds. The van der Waals surface area contributed by atoms with Gasteiger partial charge in [-0.1, -0.05) is 23.7 Å². The van der Waals surface area contributed by atoms with Gasteiger partial charge in [0.1, 0.15) is 11.5 Å². The first-order valence-electron chi connectivity index (χ1n) is 7.50. The predicted octanol–water partition coefficient (Wildman–Crippen LogP) is 2.59. The van der Waals surface area contributed by atoms with Gasteiger partial charge in [0.2, 0.25) is 0 Å². The maximum Gasteiger partial charge on any atom is 0.344 e. The maximum atomic E-state index is 11.7. The van der Waals surface area contributed by atoms with Crippen molar-refractivity contribution in [2.24, 2.45) is 0 Å². The van der Waals surface area contributed by atoms with Crippen molar-refractivity contribution in [3.8, 4) is 11.5 Å². The Morgan fingerprint density at radius 1 is 1.04 bits per heavy atom. The first kappa shape index (κ1) is 18.6. The smallest absolute Gasteiger partial charge is 0.344 e. The van der Waals surface area contributed by atoms with E-state index in [2.05, 4.69) is 5.32 Å². The number of nitrogens with one attached hydrogen (secondary N) is 1. The average molecular weight is 364 g/mol. The molecule has 0 radical (unpaired) electrons. The van der Waals surface area contributed by atoms with Gasteiger partial charge in [-0.05, 0) is 42.0 Å². The van der Waals surface area contributed by atoms with Gasteiger partial charge in [0.15, 0.2) is 13.2 Å². The van der Waals surface area contributed by atoms with Crippen LogP contribution in [-0.2, 0) is 20.9 Å². The van der Waals surface area contributed by atoms with Crippen molar-refractivity contribution >= 4 is 23.5 Å². The zero-order chi connectivity index (χ0) is 18.1. The molecular formula is C18H18ClNO5. The normalized spacial score (nSPS) is 10.0. The highest BCUT2D eigenvalue weighted by molar-refractivity contribution is 6.30. The van der Waals surface area contributed by atoms with Gasteiger partial charge in [0.25, 0.3) is 5.91 Å². The summed E-state index contributed by atoms with van der Waals surface area (Å²) in [5, 5.41) is 3.23. The zero-order valence-corrected chi connectivity index (χ0v) is 14.4. The third-order valence-corrected chi connectivity index (χ3v) is 3.39. The van der Waals surface area contributed by atoms with Crippen LogP contribution in [0.3, 0.4) is 0 Å². The number of carbonyl (C=O) groups excluding carboxylic acids is 2. The molecule has 0 aromatic heterocycles. The summed E-state index contributed by atoms with van der Waals surface area (Å²) in [5.41, 5.74) is 0.856. The van der Waals surface area contributed by atoms with E-state index in [0.29, 0.717) is 23.1 Å². The molecule has 7 heteroatoms. The van der Waals surface area contributed by atoms with Crippen molar-refractivity contribution in [1.29, 1.82) is 0 Å². The van der Waals surface area contributed by atoms with Gasteiger partial charge >= 0.3 is 5.97 Å². The van der Waals surface area contributed by atoms with E-state index in [9.17, 15) is 9.59 Å². The lowest BCUT2D eigenvalue weighted by Crippen LogP contribution is -2.29. The van der Waals surface area contributed by atoms with E-state index in [0.717, 1.165) is 5.56 Å². The molecule has 0 unspecified atom stereocenters. The Kier molecular flexibility index (Phi) is 7.10. The summed E-state index contributed by atoms with van der Waals surface area (Å²) in [6, 6.07) is 13.9. The van der Waals surface area contributed by atoms with Crippen LogP contribution < -0.4 is 14.8 Å². The molecule has 0 saturated heterocycles. The van der Waals surface area contributed by atoms with E-state index in [-0.39, 0.29) is 13.2 Å². The second-order valence-corrected chi connectivity index (χ2v) is 5.47. The quantitative estimate of drug-likeness (QED) is 0.730. The van der Waals surface area contributed by atoms with Gasteiger partial charge in [-0.15, -0.1) is 0 Å². The lowest BCUT2D eigenvalue weighted by atomic mass is 10.2. The number of carbonyl (C=O) groups is 2. The minimum absolute atomic E-state index is 0.284. The minimum Gasteiger partial charge on any atom is -0.497 e. The molecule has 0 aliphatic rings. The van der Waals surface area contributed by atoms with Gasteiger partial charge in [-0.3, -0.25) is 4.79 Å². The zero-order valence-electron chi connectivity index (χ0n) is 13.7. The Balaban J connectivity index is 1.65. The number of benzene rings is 2. The second-order valence-electron chi connectivity index (χ2n) is 5.03. The van der Waals surface area contributed by atoms with Crippen molar-refractivity contribution in [1.82, 2.24) is 5.32 Å². The van der Waals surface area contributed by atoms with Gasteiger partial charge in [0, 0.05) is 11.6 Å². The molecule has 25 heavy (non-hydrogen) atoms. The Labute approximate surface area is 150 Å². The van der Waals surface area contributed by atoms with Crippen LogP contribution in [-0.4, -0.2) is 32.2 Å². The molecule has 0 saturated carbocycles. The third-order valence-electron chi connectivity index (χ3n) is 3.16. The molecule has 0 spiro atoms. The summed E-state index contributed by atoms with van der Waals surface area (Å²) in [6.45, 7) is -0.349. The number of esters is 1. The molecule has 132 valence electrons. The number of methoxy groups -OCH3 is 1. The fraction of sp³-hybridized carbons (Fsp3) is 0.222. The van der Waals surface area contributed by atoms with Crippen LogP contribution in [0.4, 0.5) is 0 Å². The molecule has 2 rings (SSSR count). The lowest BCUT2D eigenvalue weighted by Gasteiger charge is -2.08. The number of amides is 1. The third kappa shape index (κ3) is 6.73. The highest BCUT2D eigenvalue weighted by Gasteiger charge is 2.08. The van der Waals surface area contributed by atoms with E-state index in [1.165, 1.54) is 0 Å². The number of hydrogen-bond donors (Lipinski definition) is 1. The van der Waals surface area contributed by atoms with Crippen LogP contribution in [0.25, 0.3) is 0 Å². The SMILES string of the molecule is COc1ccc(OCC(=O)OCC(=O)NCc2cccc(Cl)c2)cc1. The molecule has 0 bridgehead atoms. The van der Waals surface area contributed by atoms with Crippen molar-refractivity contribution in [2.75, 3.05) is 20.3 Å². The Morgan fingerprint density at radius 3 is 2.44 bits per heavy atom. The monoisotopic (exact) mass is 363 g/mol. The standard InChI is InChI=1S/C18H18ClNO5/c1-23-15-5-7-16(8-6-15)24-12-18(22)25-11-17(21)20-10-13-3-2-4-14(19)9-13/h2-9H,10-12H2,1H3,(H,20,21). The summed E-state index contributed by atoms with van der Waals surface area (Å²) in [6.07, 6.45) is 0. The van der Waals surface area contributed by atoms with Crippen LogP contribution in [0.2, 0.25) is 5.02 Å². The van der Waals surface area contributed by atoms with Crippen molar-refractivity contribution < 1.29 is 23.8 Å². The highest BCUT2D eigenvalue weighted by Crippen LogP contribution is 2.16. The van der Waals surface area contributed by atoms with Crippen molar-refractivity contribution in [3.63, 3.8) is 0 Å². The van der Waals surface area contributed by atoms with Gasteiger partial charge < -0.3 is 19.5 Å². The largest absolute Gasteiger partial charge is 0.497 e. The Bertz CT molecular complexity index is 718. The summed E-state index contributed by atoms with van der Waals surface area (Å²) >= 11 is 5.86. The molecule has 2 aromatic carbocycles.